The van der Waals surface area contributed by atoms with E-state index in [1.54, 1.807) is 12.1 Å². The zero-order chi connectivity index (χ0) is 14.8. The van der Waals surface area contributed by atoms with E-state index in [0.29, 0.717) is 15.9 Å². The third-order valence-corrected chi connectivity index (χ3v) is 3.71. The summed E-state index contributed by atoms with van der Waals surface area (Å²) >= 11 is 3.16. The molecule has 0 unspecified atom stereocenters. The van der Waals surface area contributed by atoms with Gasteiger partial charge in [0.25, 0.3) is 5.91 Å². The van der Waals surface area contributed by atoms with Crippen LogP contribution >= 0.6 is 15.9 Å². The van der Waals surface area contributed by atoms with E-state index in [1.165, 1.54) is 18.3 Å². The van der Waals surface area contributed by atoms with Crippen LogP contribution in [0.4, 0.5) is 5.69 Å². The summed E-state index contributed by atoms with van der Waals surface area (Å²) in [7, 11) is -4.48. The summed E-state index contributed by atoms with van der Waals surface area (Å²) in [6, 6.07) is 8.17. The molecular formula is C12H8BrN2NaO4S. The van der Waals surface area contributed by atoms with Crippen molar-refractivity contribution in [3.8, 4) is 0 Å². The Hall–Kier alpha value is -0.770. The molecule has 1 aromatic carbocycles. The van der Waals surface area contributed by atoms with Gasteiger partial charge >= 0.3 is 29.6 Å². The Morgan fingerprint density at radius 2 is 1.76 bits per heavy atom. The van der Waals surface area contributed by atoms with Crippen molar-refractivity contribution >= 4 is 37.6 Å². The molecule has 1 N–H and O–H groups in total. The summed E-state index contributed by atoms with van der Waals surface area (Å²) in [5.41, 5.74) is 0.735. The Labute approximate surface area is 152 Å². The van der Waals surface area contributed by atoms with Gasteiger partial charge in [0.05, 0.1) is 10.5 Å². The van der Waals surface area contributed by atoms with Crippen LogP contribution in [0.25, 0.3) is 0 Å². The Bertz CT molecular complexity index is 733. The zero-order valence-corrected chi connectivity index (χ0v) is 15.3. The van der Waals surface area contributed by atoms with Crippen LogP contribution in [-0.2, 0) is 10.1 Å². The fourth-order valence-corrected chi connectivity index (χ4v) is 2.12. The SMILES string of the molecule is O=C(Nc1ccc(S(=O)(=O)[O-])cc1)c1ccc(Br)nc1.[Na+]. The third-order valence-electron chi connectivity index (χ3n) is 2.39. The summed E-state index contributed by atoms with van der Waals surface area (Å²) < 4.78 is 32.9. The molecule has 21 heavy (non-hydrogen) atoms. The Balaban J connectivity index is 0.00000220. The van der Waals surface area contributed by atoms with Gasteiger partial charge in [-0.15, -0.1) is 0 Å². The first-order valence-electron chi connectivity index (χ1n) is 5.35. The van der Waals surface area contributed by atoms with E-state index in [0.717, 1.165) is 12.1 Å². The second kappa shape index (κ2) is 7.48. The molecule has 2 aromatic rings. The number of hydrogen-bond donors (Lipinski definition) is 1. The van der Waals surface area contributed by atoms with Crippen molar-refractivity contribution in [2.75, 3.05) is 5.32 Å². The quantitative estimate of drug-likeness (QED) is 0.419. The van der Waals surface area contributed by atoms with Gasteiger partial charge in [-0.3, -0.25) is 4.79 Å². The molecule has 1 heterocycles. The largest absolute Gasteiger partial charge is 1.00 e. The van der Waals surface area contributed by atoms with Gasteiger partial charge in [-0.25, -0.2) is 13.4 Å². The number of pyridine rings is 1. The van der Waals surface area contributed by atoms with Crippen molar-refractivity contribution in [3.05, 3.63) is 52.8 Å². The van der Waals surface area contributed by atoms with E-state index in [-0.39, 0.29) is 40.4 Å². The van der Waals surface area contributed by atoms with Crippen LogP contribution in [0.5, 0.6) is 0 Å². The number of nitrogens with one attached hydrogen (secondary N) is 1. The normalized spacial score (nSPS) is 10.6. The van der Waals surface area contributed by atoms with Gasteiger partial charge in [0, 0.05) is 11.9 Å². The Morgan fingerprint density at radius 3 is 2.24 bits per heavy atom. The van der Waals surface area contributed by atoms with Gasteiger partial charge < -0.3 is 9.87 Å². The van der Waals surface area contributed by atoms with Crippen molar-refractivity contribution in [2.45, 2.75) is 4.90 Å². The van der Waals surface area contributed by atoms with E-state index in [9.17, 15) is 17.8 Å². The molecule has 1 amide bonds. The number of nitrogens with zero attached hydrogens (tertiary/aromatic N) is 1. The van der Waals surface area contributed by atoms with Gasteiger partial charge in [0.2, 0.25) is 0 Å². The number of amides is 1. The molecule has 0 radical (unpaired) electrons. The maximum Gasteiger partial charge on any atom is 1.00 e. The third kappa shape index (κ3) is 5.17. The van der Waals surface area contributed by atoms with Crippen molar-refractivity contribution in [3.63, 3.8) is 0 Å². The molecule has 0 saturated heterocycles. The molecule has 0 aliphatic carbocycles. The van der Waals surface area contributed by atoms with E-state index in [1.807, 2.05) is 0 Å². The molecule has 0 spiro atoms. The maximum absolute atomic E-state index is 11.9. The minimum Gasteiger partial charge on any atom is -0.744 e. The summed E-state index contributed by atoms with van der Waals surface area (Å²) in [5, 5.41) is 2.57. The molecule has 9 heteroatoms. The number of rotatable bonds is 3. The number of aromatic nitrogens is 1. The first-order valence-corrected chi connectivity index (χ1v) is 7.55. The topological polar surface area (TPSA) is 99.2 Å². The van der Waals surface area contributed by atoms with Crippen LogP contribution in [0, 0.1) is 0 Å². The van der Waals surface area contributed by atoms with Gasteiger partial charge in [0.15, 0.2) is 0 Å². The Morgan fingerprint density at radius 1 is 1.14 bits per heavy atom. The smallest absolute Gasteiger partial charge is 0.744 e. The first-order chi connectivity index (χ1) is 9.36. The second-order valence-electron chi connectivity index (χ2n) is 3.80. The number of halogens is 1. The second-order valence-corrected chi connectivity index (χ2v) is 5.99. The maximum atomic E-state index is 11.9. The minimum atomic E-state index is -4.48. The van der Waals surface area contributed by atoms with E-state index < -0.39 is 10.1 Å². The summed E-state index contributed by atoms with van der Waals surface area (Å²) in [6.45, 7) is 0. The summed E-state index contributed by atoms with van der Waals surface area (Å²) in [6.07, 6.45) is 1.40. The predicted molar refractivity (Wildman–Crippen MR) is 74.3 cm³/mol. The van der Waals surface area contributed by atoms with Gasteiger partial charge in [0.1, 0.15) is 14.7 Å². The predicted octanol–water partition coefficient (Wildman–Crippen LogP) is -0.996. The molecule has 2 rings (SSSR count). The molecule has 0 atom stereocenters. The number of benzene rings is 1. The molecule has 0 bridgehead atoms. The number of hydrogen-bond acceptors (Lipinski definition) is 5. The van der Waals surface area contributed by atoms with Crippen molar-refractivity contribution < 1.29 is 47.3 Å². The van der Waals surface area contributed by atoms with Crippen molar-refractivity contribution in [2.24, 2.45) is 0 Å². The molecule has 0 saturated carbocycles. The standard InChI is InChI=1S/C12H9BrN2O4S.Na/c13-11-6-1-8(7-14-11)12(16)15-9-2-4-10(5-3-9)20(17,18)19;/h1-7H,(H,15,16)(H,17,18,19);/q;+1/p-1. The molecule has 104 valence electrons. The molecular weight excluding hydrogens is 371 g/mol. The average Bonchev–Trinajstić information content (AvgIpc) is 2.39. The molecule has 0 aliphatic rings. The summed E-state index contributed by atoms with van der Waals surface area (Å²) in [5.74, 6) is -0.386. The van der Waals surface area contributed by atoms with E-state index >= 15 is 0 Å². The molecule has 6 nitrogen and oxygen atoms in total. The van der Waals surface area contributed by atoms with Crippen LogP contribution < -0.4 is 34.9 Å². The van der Waals surface area contributed by atoms with Crippen LogP contribution in [0.2, 0.25) is 0 Å². The first kappa shape index (κ1) is 18.3. The van der Waals surface area contributed by atoms with E-state index in [2.05, 4.69) is 26.2 Å². The van der Waals surface area contributed by atoms with Crippen LogP contribution in [0.15, 0.2) is 52.1 Å². The van der Waals surface area contributed by atoms with Crippen LogP contribution in [-0.4, -0.2) is 23.9 Å². The van der Waals surface area contributed by atoms with Crippen molar-refractivity contribution in [1.29, 1.82) is 0 Å². The Kier molecular flexibility index (Phi) is 6.51. The fourth-order valence-electron chi connectivity index (χ4n) is 1.42. The average molecular weight is 379 g/mol. The minimum absolute atomic E-state index is 0. The monoisotopic (exact) mass is 378 g/mol. The fraction of sp³-hybridized carbons (Fsp3) is 0. The van der Waals surface area contributed by atoms with Gasteiger partial charge in [-0.1, -0.05) is 0 Å². The van der Waals surface area contributed by atoms with Crippen LogP contribution in [0.1, 0.15) is 10.4 Å². The van der Waals surface area contributed by atoms with Gasteiger partial charge in [-0.05, 0) is 52.3 Å². The van der Waals surface area contributed by atoms with E-state index in [4.69, 9.17) is 0 Å². The molecule has 0 aliphatic heterocycles. The molecule has 0 fully saturated rings. The van der Waals surface area contributed by atoms with Gasteiger partial charge in [-0.2, -0.15) is 0 Å². The zero-order valence-electron chi connectivity index (χ0n) is 10.9. The summed E-state index contributed by atoms with van der Waals surface area (Å²) in [4.78, 5) is 15.4. The number of carbonyl (C=O) groups is 1. The van der Waals surface area contributed by atoms with Crippen molar-refractivity contribution in [1.82, 2.24) is 4.98 Å². The number of carbonyl (C=O) groups excluding carboxylic acids is 1. The number of anilines is 1. The molecule has 1 aromatic heterocycles. The van der Waals surface area contributed by atoms with Crippen LogP contribution in [0.3, 0.4) is 0 Å².